The molecule has 0 aliphatic rings. The van der Waals surface area contributed by atoms with Crippen LogP contribution in [0.3, 0.4) is 0 Å². The van der Waals surface area contributed by atoms with E-state index in [2.05, 4.69) is 26.1 Å². The van der Waals surface area contributed by atoms with Gasteiger partial charge in [0.25, 0.3) is 11.8 Å². The number of H-pyrrole nitrogens is 1. The van der Waals surface area contributed by atoms with E-state index in [1.54, 1.807) is 12.1 Å². The molecule has 2 aromatic heterocycles. The smallest absolute Gasteiger partial charge is 0.269 e. The van der Waals surface area contributed by atoms with Crippen LogP contribution in [0, 0.1) is 6.92 Å². The summed E-state index contributed by atoms with van der Waals surface area (Å²) in [6.45, 7) is 4.58. The van der Waals surface area contributed by atoms with E-state index in [0.29, 0.717) is 18.5 Å². The van der Waals surface area contributed by atoms with Crippen molar-refractivity contribution in [1.29, 1.82) is 0 Å². The molecule has 0 bridgehead atoms. The highest BCUT2D eigenvalue weighted by Gasteiger charge is 2.21. The van der Waals surface area contributed by atoms with E-state index in [-0.39, 0.29) is 11.8 Å². The second-order valence-corrected chi connectivity index (χ2v) is 6.27. The van der Waals surface area contributed by atoms with Gasteiger partial charge in [-0.1, -0.05) is 25.1 Å². The van der Waals surface area contributed by atoms with Gasteiger partial charge in [0.1, 0.15) is 0 Å². The predicted octanol–water partition coefficient (Wildman–Crippen LogP) is 1.85. The van der Waals surface area contributed by atoms with Crippen LogP contribution < -0.4 is 16.2 Å². The fourth-order valence-electron chi connectivity index (χ4n) is 3.09. The number of pyridine rings is 1. The quantitative estimate of drug-likeness (QED) is 0.501. The van der Waals surface area contributed by atoms with Crippen LogP contribution in [0.1, 0.15) is 28.5 Å². The molecular formula is C20H23N5O2. The first-order chi connectivity index (χ1) is 13.1. The number of nitrogens with one attached hydrogen (secondary N) is 4. The lowest BCUT2D eigenvalue weighted by molar-refractivity contribution is -0.123. The van der Waals surface area contributed by atoms with Gasteiger partial charge in [0.15, 0.2) is 0 Å². The highest BCUT2D eigenvalue weighted by molar-refractivity contribution is 5.96. The summed E-state index contributed by atoms with van der Waals surface area (Å²) in [4.78, 5) is 31.9. The van der Waals surface area contributed by atoms with Crippen LogP contribution in [0.4, 0.5) is 0 Å². The minimum Gasteiger partial charge on any atom is -0.358 e. The van der Waals surface area contributed by atoms with Crippen LogP contribution in [-0.2, 0) is 11.2 Å². The number of hydrogen-bond acceptors (Lipinski definition) is 4. The van der Waals surface area contributed by atoms with Gasteiger partial charge in [-0.15, -0.1) is 0 Å². The average molecular weight is 365 g/mol. The Bertz CT molecular complexity index is 936. The summed E-state index contributed by atoms with van der Waals surface area (Å²) in [5.74, 6) is -0.673. The summed E-state index contributed by atoms with van der Waals surface area (Å²) in [5, 5.41) is 4.29. The minimum absolute atomic E-state index is 0.288. The molecule has 0 fully saturated rings. The van der Waals surface area contributed by atoms with E-state index >= 15 is 0 Å². The molecule has 0 radical (unpaired) electrons. The summed E-state index contributed by atoms with van der Waals surface area (Å²) < 4.78 is 0. The topological polar surface area (TPSA) is 98.9 Å². The molecule has 1 atom stereocenters. The van der Waals surface area contributed by atoms with Crippen molar-refractivity contribution >= 4 is 22.7 Å². The standard InChI is InChI=1S/C20H23N5O2/c1-3-22-18(12-16-13(2)23-17-7-5-4-6-15(16)17)20(27)25-24-19(26)14-8-10-21-11-9-14/h4-11,18,22-23H,3,12H2,1-2H3,(H,24,26)(H,25,27)/t18-/m0/s1. The van der Waals surface area contributed by atoms with E-state index in [9.17, 15) is 9.59 Å². The van der Waals surface area contributed by atoms with E-state index < -0.39 is 6.04 Å². The number of aryl methyl sites for hydroxylation is 1. The Hall–Kier alpha value is -3.19. The number of nitrogens with zero attached hydrogens (tertiary/aromatic N) is 1. The molecule has 0 aliphatic carbocycles. The summed E-state index contributed by atoms with van der Waals surface area (Å²) in [6, 6.07) is 10.7. The Morgan fingerprint density at radius 1 is 1.11 bits per heavy atom. The second kappa shape index (κ2) is 8.46. The summed E-state index contributed by atoms with van der Waals surface area (Å²) in [6.07, 6.45) is 3.57. The molecule has 3 aromatic rings. The van der Waals surface area contributed by atoms with Crippen LogP contribution in [0.25, 0.3) is 10.9 Å². The van der Waals surface area contributed by atoms with E-state index in [1.165, 1.54) is 12.4 Å². The first-order valence-electron chi connectivity index (χ1n) is 8.90. The van der Waals surface area contributed by atoms with Gasteiger partial charge in [0, 0.05) is 34.6 Å². The number of aromatic amines is 1. The van der Waals surface area contributed by atoms with Gasteiger partial charge < -0.3 is 10.3 Å². The average Bonchev–Trinajstić information content (AvgIpc) is 3.01. The molecule has 3 rings (SSSR count). The first-order valence-corrected chi connectivity index (χ1v) is 8.90. The Morgan fingerprint density at radius 3 is 2.59 bits per heavy atom. The van der Waals surface area contributed by atoms with Crippen LogP contribution in [0.5, 0.6) is 0 Å². The Labute approximate surface area is 157 Å². The Balaban J connectivity index is 1.70. The normalized spacial score (nSPS) is 11.9. The maximum absolute atomic E-state index is 12.6. The highest BCUT2D eigenvalue weighted by atomic mass is 16.2. The molecule has 0 saturated heterocycles. The van der Waals surface area contributed by atoms with E-state index in [4.69, 9.17) is 0 Å². The van der Waals surface area contributed by atoms with Crippen molar-refractivity contribution in [3.63, 3.8) is 0 Å². The zero-order valence-corrected chi connectivity index (χ0v) is 15.4. The first kappa shape index (κ1) is 18.6. The molecule has 2 amide bonds. The fraction of sp³-hybridized carbons (Fsp3) is 0.250. The van der Waals surface area contributed by atoms with Crippen molar-refractivity contribution in [2.75, 3.05) is 6.54 Å². The number of fused-ring (bicyclic) bond motifs is 1. The molecule has 2 heterocycles. The maximum Gasteiger partial charge on any atom is 0.269 e. The SMILES string of the molecule is CCN[C@@H](Cc1c(C)[nH]c2ccccc12)C(=O)NNC(=O)c1ccncc1. The molecule has 7 nitrogen and oxygen atoms in total. The molecule has 27 heavy (non-hydrogen) atoms. The lowest BCUT2D eigenvalue weighted by Gasteiger charge is -2.18. The minimum atomic E-state index is -0.467. The van der Waals surface area contributed by atoms with Gasteiger partial charge in [-0.25, -0.2) is 0 Å². The molecule has 140 valence electrons. The number of carbonyl (C=O) groups is 2. The molecule has 0 aliphatic heterocycles. The van der Waals surface area contributed by atoms with E-state index in [0.717, 1.165) is 22.2 Å². The Morgan fingerprint density at radius 2 is 1.85 bits per heavy atom. The van der Waals surface area contributed by atoms with Gasteiger partial charge >= 0.3 is 0 Å². The number of aromatic nitrogens is 2. The van der Waals surface area contributed by atoms with Gasteiger partial charge in [-0.05, 0) is 43.7 Å². The van der Waals surface area contributed by atoms with Crippen molar-refractivity contribution in [1.82, 2.24) is 26.1 Å². The zero-order chi connectivity index (χ0) is 19.2. The van der Waals surface area contributed by atoms with Crippen molar-refractivity contribution in [3.8, 4) is 0 Å². The van der Waals surface area contributed by atoms with Gasteiger partial charge in [-0.2, -0.15) is 0 Å². The molecule has 0 saturated carbocycles. The number of likely N-dealkylation sites (N-methyl/N-ethyl adjacent to an activating group) is 1. The number of para-hydroxylation sites is 1. The maximum atomic E-state index is 12.6. The predicted molar refractivity (Wildman–Crippen MR) is 104 cm³/mol. The monoisotopic (exact) mass is 365 g/mol. The van der Waals surface area contributed by atoms with Crippen molar-refractivity contribution in [2.24, 2.45) is 0 Å². The number of carbonyl (C=O) groups excluding carboxylic acids is 2. The van der Waals surface area contributed by atoms with Crippen molar-refractivity contribution < 1.29 is 9.59 Å². The third kappa shape index (κ3) is 4.32. The molecule has 4 N–H and O–H groups in total. The molecule has 1 aromatic carbocycles. The van der Waals surface area contributed by atoms with E-state index in [1.807, 2.05) is 38.1 Å². The van der Waals surface area contributed by atoms with Crippen molar-refractivity contribution in [2.45, 2.75) is 26.3 Å². The van der Waals surface area contributed by atoms with Crippen LogP contribution >= 0.6 is 0 Å². The lowest BCUT2D eigenvalue weighted by atomic mass is 10.0. The van der Waals surface area contributed by atoms with Crippen molar-refractivity contribution in [3.05, 3.63) is 65.6 Å². The summed E-state index contributed by atoms with van der Waals surface area (Å²) >= 11 is 0. The zero-order valence-electron chi connectivity index (χ0n) is 15.4. The number of hydrazine groups is 1. The Kier molecular flexibility index (Phi) is 5.83. The molecule has 7 heteroatoms. The molecular weight excluding hydrogens is 342 g/mol. The van der Waals surface area contributed by atoms with Gasteiger partial charge in [0.2, 0.25) is 0 Å². The molecule has 0 unspecified atom stereocenters. The third-order valence-corrected chi connectivity index (χ3v) is 4.44. The van der Waals surface area contributed by atoms with Crippen LogP contribution in [0.15, 0.2) is 48.8 Å². The second-order valence-electron chi connectivity index (χ2n) is 6.27. The number of amides is 2. The summed E-state index contributed by atoms with van der Waals surface area (Å²) in [5.41, 5.74) is 8.57. The summed E-state index contributed by atoms with van der Waals surface area (Å²) in [7, 11) is 0. The number of rotatable bonds is 6. The molecule has 0 spiro atoms. The van der Waals surface area contributed by atoms with Crippen LogP contribution in [-0.4, -0.2) is 34.4 Å². The number of hydrogen-bond donors (Lipinski definition) is 4. The third-order valence-electron chi connectivity index (χ3n) is 4.44. The van der Waals surface area contributed by atoms with Gasteiger partial charge in [0.05, 0.1) is 6.04 Å². The van der Waals surface area contributed by atoms with Crippen LogP contribution in [0.2, 0.25) is 0 Å². The lowest BCUT2D eigenvalue weighted by Crippen LogP contribution is -2.51. The van der Waals surface area contributed by atoms with Gasteiger partial charge in [-0.3, -0.25) is 25.4 Å². The highest BCUT2D eigenvalue weighted by Crippen LogP contribution is 2.23. The largest absolute Gasteiger partial charge is 0.358 e. The fourth-order valence-corrected chi connectivity index (χ4v) is 3.09. The number of benzene rings is 1.